The molecule has 0 amide bonds. The molecular weight excluding hydrogens is 603 g/mol. The smallest absolute Gasteiger partial charge is 0.0936 e. The second-order valence-corrected chi connectivity index (χ2v) is 18.3. The van der Waals surface area contributed by atoms with Crippen LogP contribution >= 0.6 is 7.26 Å². The molecule has 0 aromatic heterocycles. The van der Waals surface area contributed by atoms with Crippen LogP contribution in [0.5, 0.6) is 0 Å². The fraction of sp³-hybridized carbons (Fsp3) is 0.833. The van der Waals surface area contributed by atoms with Gasteiger partial charge in [-0.05, 0) is 92.2 Å². The molecule has 2 unspecified atom stereocenters. The summed E-state index contributed by atoms with van der Waals surface area (Å²) in [6, 6.07) is 12.7. The first-order valence-electron chi connectivity index (χ1n) is 16.9. The first-order chi connectivity index (χ1) is 18.7. The minimum Gasteiger partial charge on any atom is -0.306 e. The topological polar surface area (TPSA) is 6.48 Å². The Labute approximate surface area is 279 Å². The fourth-order valence-corrected chi connectivity index (χ4v) is 10.9. The van der Waals surface area contributed by atoms with Crippen molar-refractivity contribution in [1.29, 1.82) is 0 Å². The molecule has 4 aliphatic rings. The van der Waals surface area contributed by atoms with Gasteiger partial charge in [0, 0.05) is 59.4 Å². The van der Waals surface area contributed by atoms with Crippen LogP contribution in [-0.2, 0) is 34.1 Å². The molecule has 4 fully saturated rings. The number of hydrogen-bond acceptors (Lipinski definition) is 2. The molecule has 41 heavy (non-hydrogen) atoms. The van der Waals surface area contributed by atoms with E-state index in [-0.39, 0.29) is 34.1 Å². The molecule has 4 aliphatic carbocycles. The summed E-state index contributed by atoms with van der Waals surface area (Å²) in [6.07, 6.45) is 25.1. The van der Waals surface area contributed by atoms with Crippen LogP contribution in [0.25, 0.3) is 0 Å². The van der Waals surface area contributed by atoms with Gasteiger partial charge in [0.1, 0.15) is 0 Å². The third kappa shape index (κ3) is 15.0. The van der Waals surface area contributed by atoms with Crippen molar-refractivity contribution in [3.63, 3.8) is 0 Å². The molecule has 0 N–H and O–H groups in total. The van der Waals surface area contributed by atoms with Crippen LogP contribution in [0.4, 0.5) is 0 Å². The van der Waals surface area contributed by atoms with Crippen molar-refractivity contribution < 1.29 is 34.1 Å². The zero-order valence-corrected chi connectivity index (χ0v) is 31.4. The molecule has 5 rings (SSSR count). The van der Waals surface area contributed by atoms with Gasteiger partial charge in [-0.2, -0.15) is 0 Å². The van der Waals surface area contributed by atoms with Gasteiger partial charge < -0.3 is 9.80 Å². The van der Waals surface area contributed by atoms with Crippen molar-refractivity contribution in [2.45, 2.75) is 141 Å². The molecule has 0 radical (unpaired) electrons. The average Bonchev–Trinajstić information content (AvgIpc) is 3.77. The maximum atomic E-state index is 2.55. The Kier molecular flexibility index (Phi) is 23.4. The van der Waals surface area contributed by atoms with E-state index in [0.29, 0.717) is 6.04 Å². The van der Waals surface area contributed by atoms with E-state index < -0.39 is 7.26 Å². The summed E-state index contributed by atoms with van der Waals surface area (Å²) in [4.78, 5) is 4.75. The summed E-state index contributed by atoms with van der Waals surface area (Å²) >= 11 is 0. The van der Waals surface area contributed by atoms with Crippen molar-refractivity contribution in [1.82, 2.24) is 9.80 Å². The monoisotopic (exact) mass is 671 g/mol. The van der Waals surface area contributed by atoms with Crippen molar-refractivity contribution in [2.24, 2.45) is 11.8 Å². The van der Waals surface area contributed by atoms with E-state index in [1.54, 1.807) is 5.30 Å². The normalized spacial score (nSPS) is 23.7. The van der Waals surface area contributed by atoms with Crippen molar-refractivity contribution >= 4 is 12.6 Å². The van der Waals surface area contributed by atoms with E-state index in [2.05, 4.69) is 95.5 Å². The van der Waals surface area contributed by atoms with E-state index >= 15 is 0 Å². The van der Waals surface area contributed by atoms with Crippen molar-refractivity contribution in [3.8, 4) is 0 Å². The van der Waals surface area contributed by atoms with Gasteiger partial charge in [-0.15, -0.1) is 0 Å². The Bertz CT molecular complexity index is 703. The number of nitrogens with zero attached hydrogens (tertiary/aromatic N) is 2. The number of benzene rings is 1. The second kappa shape index (κ2) is 23.0. The van der Waals surface area contributed by atoms with Gasteiger partial charge >= 0.3 is 0 Å². The Hall–Kier alpha value is 0.609. The van der Waals surface area contributed by atoms with E-state index in [1.165, 1.54) is 109 Å². The van der Waals surface area contributed by atoms with Crippen molar-refractivity contribution in [3.05, 3.63) is 30.3 Å². The van der Waals surface area contributed by atoms with Gasteiger partial charge in [0.15, 0.2) is 0 Å². The molecular formula is C36H68Fe2N2P+. The van der Waals surface area contributed by atoms with Crippen LogP contribution in [0.1, 0.15) is 123 Å². The number of hydrogen-bond donors (Lipinski definition) is 0. The molecule has 0 saturated heterocycles. The predicted octanol–water partition coefficient (Wildman–Crippen LogP) is 9.73. The van der Waals surface area contributed by atoms with Crippen LogP contribution in [0.3, 0.4) is 0 Å². The summed E-state index contributed by atoms with van der Waals surface area (Å²) < 4.78 is 0. The Morgan fingerprint density at radius 3 is 1.37 bits per heavy atom. The number of rotatable bonds is 6. The Balaban J connectivity index is 0.000000604. The third-order valence-corrected chi connectivity index (χ3v) is 14.5. The Morgan fingerprint density at radius 2 is 0.976 bits per heavy atom. The quantitative estimate of drug-likeness (QED) is 0.220. The van der Waals surface area contributed by atoms with Gasteiger partial charge in [0.05, 0.1) is 24.3 Å². The molecule has 1 aromatic rings. The predicted molar refractivity (Wildman–Crippen MR) is 180 cm³/mol. The van der Waals surface area contributed by atoms with Crippen molar-refractivity contribution in [2.75, 3.05) is 41.5 Å². The van der Waals surface area contributed by atoms with E-state index in [9.17, 15) is 0 Å². The van der Waals surface area contributed by atoms with Gasteiger partial charge in [-0.3, -0.25) is 0 Å². The minimum atomic E-state index is -1.02. The van der Waals surface area contributed by atoms with Gasteiger partial charge in [-0.25, -0.2) is 0 Å². The van der Waals surface area contributed by atoms with Gasteiger partial charge in [0.2, 0.25) is 0 Å². The zero-order valence-electron chi connectivity index (χ0n) is 28.3. The van der Waals surface area contributed by atoms with Crippen LogP contribution < -0.4 is 5.30 Å². The average molecular weight is 672 g/mol. The minimum absolute atomic E-state index is 0. The Morgan fingerprint density at radius 1 is 0.561 bits per heavy atom. The SMILES string of the molecule is C1CCCC1.C1CCCC1.C[C@H](C1CCCC1)N(C)C.C[C@H](C1CCCC1[P+](C)(C)c1ccccc1)N(C)C.[Fe].[Fe]. The zero-order chi connectivity index (χ0) is 28.7. The molecule has 1 aromatic carbocycles. The molecule has 2 nitrogen and oxygen atoms in total. The van der Waals surface area contributed by atoms with Crippen LogP contribution in [-0.4, -0.2) is 69.1 Å². The fourth-order valence-electron chi connectivity index (χ4n) is 7.35. The summed E-state index contributed by atoms with van der Waals surface area (Å²) in [6.45, 7) is 9.85. The summed E-state index contributed by atoms with van der Waals surface area (Å²) in [5, 5.41) is 1.61. The molecule has 0 spiro atoms. The van der Waals surface area contributed by atoms with Gasteiger partial charge in [0.25, 0.3) is 0 Å². The van der Waals surface area contributed by atoms with E-state index in [1.807, 2.05) is 0 Å². The maximum Gasteiger partial charge on any atom is 0.0936 e. The largest absolute Gasteiger partial charge is 0.306 e. The van der Waals surface area contributed by atoms with Gasteiger partial charge in [-0.1, -0.05) is 95.2 Å². The first kappa shape index (κ1) is 41.6. The van der Waals surface area contributed by atoms with Crippen LogP contribution in [0.15, 0.2) is 30.3 Å². The summed E-state index contributed by atoms with van der Waals surface area (Å²) in [5.74, 6) is 1.86. The molecule has 0 aliphatic heterocycles. The van der Waals surface area contributed by atoms with Crippen LogP contribution in [0, 0.1) is 11.8 Å². The van der Waals surface area contributed by atoms with E-state index in [4.69, 9.17) is 0 Å². The third-order valence-electron chi connectivity index (χ3n) is 10.6. The molecule has 4 atom stereocenters. The standard InChI is InChI=1S/C17H29NP.C9H19N.2C5H10.2Fe/c1-14(18(2)3)16-12-9-13-17(16)19(4,5)15-10-7-6-8-11-15;1-8(10(2)3)9-6-4-5-7-9;2*1-2-4-5-3-1;;/h6-8,10-11,14,16-17H,9,12-13H2,1-5H3;8-9H,4-7H2,1-3H3;2*1-5H2;;/q+1;;;;;/t14-,16?,17?;8-;;;;/m11..../s1. The first-order valence-corrected chi connectivity index (χ1v) is 19.6. The summed E-state index contributed by atoms with van der Waals surface area (Å²) in [5.41, 5.74) is 0.910. The second-order valence-electron chi connectivity index (χ2n) is 14.0. The van der Waals surface area contributed by atoms with E-state index in [0.717, 1.165) is 23.5 Å². The molecule has 0 heterocycles. The maximum absolute atomic E-state index is 2.55. The molecule has 4 saturated carbocycles. The molecule has 0 bridgehead atoms. The molecule has 242 valence electrons. The summed E-state index contributed by atoms with van der Waals surface area (Å²) in [7, 11) is 7.81. The van der Waals surface area contributed by atoms with Crippen LogP contribution in [0.2, 0.25) is 0 Å². The molecule has 5 heteroatoms.